The van der Waals surface area contributed by atoms with Crippen molar-refractivity contribution in [1.82, 2.24) is 9.80 Å². The molecular formula is C12H25N3O. The third kappa shape index (κ3) is 2.95. The molecular weight excluding hydrogens is 202 g/mol. The van der Waals surface area contributed by atoms with Crippen LogP contribution in [0.3, 0.4) is 0 Å². The highest BCUT2D eigenvalue weighted by Crippen LogP contribution is 2.18. The van der Waals surface area contributed by atoms with E-state index in [1.165, 1.54) is 0 Å². The molecule has 0 atom stereocenters. The lowest BCUT2D eigenvalue weighted by atomic mass is 9.91. The molecule has 0 bridgehead atoms. The van der Waals surface area contributed by atoms with Gasteiger partial charge in [-0.1, -0.05) is 0 Å². The largest absolute Gasteiger partial charge is 0.340 e. The lowest BCUT2D eigenvalue weighted by Gasteiger charge is -2.39. The van der Waals surface area contributed by atoms with Crippen LogP contribution in [0.4, 0.5) is 0 Å². The van der Waals surface area contributed by atoms with Gasteiger partial charge < -0.3 is 10.6 Å². The van der Waals surface area contributed by atoms with Crippen LogP contribution in [0.1, 0.15) is 27.7 Å². The van der Waals surface area contributed by atoms with Gasteiger partial charge in [0.25, 0.3) is 0 Å². The molecule has 0 aromatic heterocycles. The van der Waals surface area contributed by atoms with Crippen molar-refractivity contribution in [2.45, 2.75) is 33.7 Å². The van der Waals surface area contributed by atoms with Crippen LogP contribution < -0.4 is 5.73 Å². The third-order valence-corrected chi connectivity index (χ3v) is 3.42. The first-order valence-corrected chi connectivity index (χ1v) is 6.12. The molecule has 94 valence electrons. The monoisotopic (exact) mass is 227 g/mol. The molecule has 1 aliphatic rings. The fourth-order valence-electron chi connectivity index (χ4n) is 1.96. The Bertz CT molecular complexity index is 243. The fraction of sp³-hybridized carbons (Fsp3) is 0.917. The van der Waals surface area contributed by atoms with Crippen LogP contribution >= 0.6 is 0 Å². The fourth-order valence-corrected chi connectivity index (χ4v) is 1.96. The van der Waals surface area contributed by atoms with E-state index in [4.69, 9.17) is 5.73 Å². The Balaban J connectivity index is 2.51. The highest BCUT2D eigenvalue weighted by atomic mass is 16.2. The maximum Gasteiger partial charge on any atom is 0.229 e. The number of carbonyl (C=O) groups is 1. The van der Waals surface area contributed by atoms with E-state index >= 15 is 0 Å². The average molecular weight is 227 g/mol. The summed E-state index contributed by atoms with van der Waals surface area (Å²) < 4.78 is 0. The number of amides is 1. The minimum absolute atomic E-state index is 0.193. The zero-order valence-corrected chi connectivity index (χ0v) is 11.0. The van der Waals surface area contributed by atoms with E-state index in [2.05, 4.69) is 18.7 Å². The molecule has 1 amide bonds. The van der Waals surface area contributed by atoms with Gasteiger partial charge in [-0.2, -0.15) is 0 Å². The molecule has 0 saturated carbocycles. The van der Waals surface area contributed by atoms with Crippen molar-refractivity contribution in [2.75, 3.05) is 32.7 Å². The number of rotatable bonds is 3. The second-order valence-electron chi connectivity index (χ2n) is 5.51. The summed E-state index contributed by atoms with van der Waals surface area (Å²) in [6, 6.07) is 0.569. The van der Waals surface area contributed by atoms with E-state index in [1.807, 2.05) is 18.7 Å². The van der Waals surface area contributed by atoms with Gasteiger partial charge in [0.15, 0.2) is 0 Å². The Morgan fingerprint density at radius 1 is 1.25 bits per heavy atom. The van der Waals surface area contributed by atoms with Crippen molar-refractivity contribution in [1.29, 1.82) is 0 Å². The summed E-state index contributed by atoms with van der Waals surface area (Å²) in [5, 5.41) is 0. The quantitative estimate of drug-likeness (QED) is 0.765. The Hall–Kier alpha value is -0.610. The molecule has 0 aromatic rings. The molecule has 2 N–H and O–H groups in total. The normalized spacial score (nSPS) is 19.2. The molecule has 1 rings (SSSR count). The minimum atomic E-state index is -0.417. The van der Waals surface area contributed by atoms with Gasteiger partial charge in [-0.3, -0.25) is 9.69 Å². The maximum atomic E-state index is 12.2. The van der Waals surface area contributed by atoms with Crippen molar-refractivity contribution in [3.8, 4) is 0 Å². The molecule has 1 heterocycles. The van der Waals surface area contributed by atoms with Crippen LogP contribution in [0, 0.1) is 5.41 Å². The van der Waals surface area contributed by atoms with E-state index in [1.54, 1.807) is 0 Å². The summed E-state index contributed by atoms with van der Waals surface area (Å²) in [5.41, 5.74) is 5.21. The van der Waals surface area contributed by atoms with Crippen molar-refractivity contribution in [2.24, 2.45) is 11.1 Å². The molecule has 1 aliphatic heterocycles. The molecule has 0 radical (unpaired) electrons. The second-order valence-corrected chi connectivity index (χ2v) is 5.51. The first-order chi connectivity index (χ1) is 7.38. The Morgan fingerprint density at radius 2 is 1.75 bits per heavy atom. The first kappa shape index (κ1) is 13.5. The lowest BCUT2D eigenvalue weighted by molar-refractivity contribution is -0.141. The van der Waals surface area contributed by atoms with Gasteiger partial charge in [0.05, 0.1) is 5.41 Å². The third-order valence-electron chi connectivity index (χ3n) is 3.42. The summed E-state index contributed by atoms with van der Waals surface area (Å²) in [6.07, 6.45) is 0. The zero-order valence-electron chi connectivity index (χ0n) is 11.0. The van der Waals surface area contributed by atoms with Crippen molar-refractivity contribution in [3.63, 3.8) is 0 Å². The Morgan fingerprint density at radius 3 is 2.12 bits per heavy atom. The molecule has 1 fully saturated rings. The van der Waals surface area contributed by atoms with Crippen LogP contribution in [-0.2, 0) is 4.79 Å². The smallest absolute Gasteiger partial charge is 0.229 e. The molecule has 0 spiro atoms. The molecule has 0 aliphatic carbocycles. The molecule has 0 aromatic carbocycles. The van der Waals surface area contributed by atoms with Crippen LogP contribution in [0.5, 0.6) is 0 Å². The topological polar surface area (TPSA) is 49.6 Å². The van der Waals surface area contributed by atoms with Gasteiger partial charge >= 0.3 is 0 Å². The Labute approximate surface area is 98.8 Å². The van der Waals surface area contributed by atoms with E-state index in [0.29, 0.717) is 12.6 Å². The van der Waals surface area contributed by atoms with Gasteiger partial charge in [0.1, 0.15) is 0 Å². The van der Waals surface area contributed by atoms with Crippen molar-refractivity contribution < 1.29 is 4.79 Å². The number of nitrogens with two attached hydrogens (primary N) is 1. The van der Waals surface area contributed by atoms with Crippen molar-refractivity contribution in [3.05, 3.63) is 0 Å². The second kappa shape index (κ2) is 5.15. The molecule has 0 unspecified atom stereocenters. The van der Waals surface area contributed by atoms with Crippen LogP contribution in [0.2, 0.25) is 0 Å². The number of nitrogens with zero attached hydrogens (tertiary/aromatic N) is 2. The summed E-state index contributed by atoms with van der Waals surface area (Å²) in [4.78, 5) is 16.5. The standard InChI is InChI=1S/C12H25N3O/c1-10(2)14-5-7-15(8-6-14)11(16)12(3,4)9-13/h10H,5-9,13H2,1-4H3. The minimum Gasteiger partial charge on any atom is -0.340 e. The van der Waals surface area contributed by atoms with E-state index < -0.39 is 5.41 Å². The number of piperazine rings is 1. The molecule has 1 saturated heterocycles. The summed E-state index contributed by atoms with van der Waals surface area (Å²) in [5.74, 6) is 0.193. The molecule has 16 heavy (non-hydrogen) atoms. The molecule has 4 heteroatoms. The zero-order chi connectivity index (χ0) is 12.3. The highest BCUT2D eigenvalue weighted by Gasteiger charge is 2.32. The number of hydrogen-bond acceptors (Lipinski definition) is 3. The Kier molecular flexibility index (Phi) is 4.33. The predicted octanol–water partition coefficient (Wildman–Crippen LogP) is 0.524. The van der Waals surface area contributed by atoms with Gasteiger partial charge in [-0.15, -0.1) is 0 Å². The number of hydrogen-bond donors (Lipinski definition) is 1. The van der Waals surface area contributed by atoms with Gasteiger partial charge in [-0.05, 0) is 27.7 Å². The van der Waals surface area contributed by atoms with Crippen LogP contribution in [0.25, 0.3) is 0 Å². The predicted molar refractivity (Wildman–Crippen MR) is 66.1 cm³/mol. The van der Waals surface area contributed by atoms with Crippen LogP contribution in [-0.4, -0.2) is 54.5 Å². The van der Waals surface area contributed by atoms with Gasteiger partial charge in [0, 0.05) is 38.8 Å². The van der Waals surface area contributed by atoms with Gasteiger partial charge in [-0.25, -0.2) is 0 Å². The van der Waals surface area contributed by atoms with Crippen molar-refractivity contribution >= 4 is 5.91 Å². The summed E-state index contributed by atoms with van der Waals surface area (Å²) >= 11 is 0. The lowest BCUT2D eigenvalue weighted by Crippen LogP contribution is -2.54. The summed E-state index contributed by atoms with van der Waals surface area (Å²) in [7, 11) is 0. The van der Waals surface area contributed by atoms with E-state index in [-0.39, 0.29) is 5.91 Å². The maximum absolute atomic E-state index is 12.2. The molecule has 4 nitrogen and oxygen atoms in total. The summed E-state index contributed by atoms with van der Waals surface area (Å²) in [6.45, 7) is 12.3. The number of carbonyl (C=O) groups excluding carboxylic acids is 1. The van der Waals surface area contributed by atoms with Gasteiger partial charge in [0.2, 0.25) is 5.91 Å². The SMILES string of the molecule is CC(C)N1CCN(C(=O)C(C)(C)CN)CC1. The van der Waals surface area contributed by atoms with Crippen LogP contribution in [0.15, 0.2) is 0 Å². The first-order valence-electron chi connectivity index (χ1n) is 6.12. The van der Waals surface area contributed by atoms with E-state index in [9.17, 15) is 4.79 Å². The average Bonchev–Trinajstić information content (AvgIpc) is 2.28. The highest BCUT2D eigenvalue weighted by molar-refractivity contribution is 5.82. The van der Waals surface area contributed by atoms with E-state index in [0.717, 1.165) is 26.2 Å².